The van der Waals surface area contributed by atoms with Crippen LogP contribution >= 0.6 is 0 Å². The van der Waals surface area contributed by atoms with Crippen LogP contribution in [0.3, 0.4) is 0 Å². The van der Waals surface area contributed by atoms with Crippen molar-refractivity contribution in [1.29, 1.82) is 0 Å². The van der Waals surface area contributed by atoms with Crippen molar-refractivity contribution in [3.8, 4) is 0 Å². The molecule has 0 aromatic heterocycles. The first kappa shape index (κ1) is 18.4. The van der Waals surface area contributed by atoms with Crippen LogP contribution in [0.25, 0.3) is 0 Å². The van der Waals surface area contributed by atoms with Gasteiger partial charge in [0, 0.05) is 0 Å². The summed E-state index contributed by atoms with van der Waals surface area (Å²) in [6, 6.07) is 0. The quantitative estimate of drug-likeness (QED) is 0.363. The average Bonchev–Trinajstić information content (AvgIpc) is 2.31. The molecule has 0 bridgehead atoms. The molecule has 0 atom stereocenters. The van der Waals surface area contributed by atoms with Gasteiger partial charge in [0.15, 0.2) is 0 Å². The summed E-state index contributed by atoms with van der Waals surface area (Å²) in [5, 5.41) is 0. The molecule has 0 amide bonds. The first-order chi connectivity index (χ1) is 7.83. The van der Waals surface area contributed by atoms with E-state index in [1.165, 1.54) is 77.0 Å². The lowest BCUT2D eigenvalue weighted by Gasteiger charge is -1.96. The lowest BCUT2D eigenvalue weighted by molar-refractivity contribution is 0.602. The molecule has 0 unspecified atom stereocenters. The molecule has 0 spiro atoms. The third-order valence-electron chi connectivity index (χ3n) is 2.91. The molecule has 0 aliphatic rings. The van der Waals surface area contributed by atoms with Gasteiger partial charge in [-0.1, -0.05) is 105 Å². The van der Waals surface area contributed by atoms with Crippen molar-refractivity contribution in [1.82, 2.24) is 0 Å². The third-order valence-corrected chi connectivity index (χ3v) is 2.91. The standard InChI is InChI=1S/C9H20.C7H16/c1-3-5-7-9-8-6-4-2;1-3-5-7-6-4-2/h3-9H2,1-2H3;3-7H2,1-2H3. The van der Waals surface area contributed by atoms with Crippen LogP contribution in [0.15, 0.2) is 0 Å². The molecule has 0 heteroatoms. The van der Waals surface area contributed by atoms with Crippen molar-refractivity contribution in [2.45, 2.75) is 105 Å². The molecule has 0 radical (unpaired) electrons. The zero-order chi connectivity index (χ0) is 12.5. The van der Waals surface area contributed by atoms with Crippen LogP contribution in [-0.4, -0.2) is 0 Å². The molecule has 0 heterocycles. The van der Waals surface area contributed by atoms with Crippen LogP contribution in [0.4, 0.5) is 0 Å². The van der Waals surface area contributed by atoms with E-state index in [9.17, 15) is 0 Å². The summed E-state index contributed by atoms with van der Waals surface area (Å²) in [5.41, 5.74) is 0. The average molecular weight is 228 g/mol. The van der Waals surface area contributed by atoms with Crippen LogP contribution in [0.1, 0.15) is 105 Å². The molecule has 0 aliphatic heterocycles. The largest absolute Gasteiger partial charge is 0.0654 e. The third kappa shape index (κ3) is 23.7. The van der Waals surface area contributed by atoms with Crippen LogP contribution < -0.4 is 0 Å². The van der Waals surface area contributed by atoms with Gasteiger partial charge in [-0.3, -0.25) is 0 Å². The predicted octanol–water partition coefficient (Wildman–Crippen LogP) is 6.73. The van der Waals surface area contributed by atoms with Gasteiger partial charge < -0.3 is 0 Å². The van der Waals surface area contributed by atoms with Gasteiger partial charge >= 0.3 is 0 Å². The van der Waals surface area contributed by atoms with Gasteiger partial charge in [-0.25, -0.2) is 0 Å². The first-order valence-electron chi connectivity index (χ1n) is 7.83. The minimum absolute atomic E-state index is 1.36. The highest BCUT2D eigenvalue weighted by atomic mass is 13.9. The van der Waals surface area contributed by atoms with E-state index in [1.807, 2.05) is 0 Å². The monoisotopic (exact) mass is 228 g/mol. The van der Waals surface area contributed by atoms with Gasteiger partial charge in [0.1, 0.15) is 0 Å². The van der Waals surface area contributed by atoms with Gasteiger partial charge in [-0.05, 0) is 0 Å². The molecule has 0 saturated heterocycles. The highest BCUT2D eigenvalue weighted by Gasteiger charge is 1.85. The Morgan fingerprint density at radius 1 is 0.312 bits per heavy atom. The Bertz CT molecular complexity index is 76.0. The molecule has 100 valence electrons. The topological polar surface area (TPSA) is 0 Å². The molecule has 0 fully saturated rings. The molecule has 0 aliphatic carbocycles. The fraction of sp³-hybridized carbons (Fsp3) is 1.00. The minimum Gasteiger partial charge on any atom is -0.0654 e. The smallest absolute Gasteiger partial charge is 0.0533 e. The Balaban J connectivity index is 0. The zero-order valence-electron chi connectivity index (χ0n) is 12.5. The van der Waals surface area contributed by atoms with Crippen molar-refractivity contribution in [3.05, 3.63) is 0 Å². The van der Waals surface area contributed by atoms with Gasteiger partial charge in [0.25, 0.3) is 0 Å². The Morgan fingerprint density at radius 2 is 0.500 bits per heavy atom. The zero-order valence-corrected chi connectivity index (χ0v) is 12.5. The van der Waals surface area contributed by atoms with Gasteiger partial charge in [-0.15, -0.1) is 0 Å². The highest BCUT2D eigenvalue weighted by molar-refractivity contribution is 4.41. The Hall–Kier alpha value is 0. The molecule has 0 nitrogen and oxygen atoms in total. The minimum atomic E-state index is 1.36. The fourth-order valence-electron chi connectivity index (χ4n) is 1.71. The number of rotatable bonds is 10. The van der Waals surface area contributed by atoms with Gasteiger partial charge in [0.2, 0.25) is 0 Å². The Morgan fingerprint density at radius 3 is 0.750 bits per heavy atom. The van der Waals surface area contributed by atoms with Crippen LogP contribution in [0, 0.1) is 0 Å². The van der Waals surface area contributed by atoms with Crippen molar-refractivity contribution < 1.29 is 0 Å². The van der Waals surface area contributed by atoms with Crippen LogP contribution in [0.5, 0.6) is 0 Å². The first-order valence-corrected chi connectivity index (χ1v) is 7.83. The van der Waals surface area contributed by atoms with Crippen molar-refractivity contribution in [2.75, 3.05) is 0 Å². The maximum Gasteiger partial charge on any atom is -0.0533 e. The highest BCUT2D eigenvalue weighted by Crippen LogP contribution is 2.05. The second-order valence-corrected chi connectivity index (χ2v) is 4.83. The van der Waals surface area contributed by atoms with E-state index in [4.69, 9.17) is 0 Å². The summed E-state index contributed by atoms with van der Waals surface area (Å²) in [6.45, 7) is 9.02. The van der Waals surface area contributed by atoms with E-state index in [0.29, 0.717) is 0 Å². The number of hydrogen-bond donors (Lipinski definition) is 0. The van der Waals surface area contributed by atoms with E-state index in [0.717, 1.165) is 0 Å². The Kier molecular flexibility index (Phi) is 23.4. The number of unbranched alkanes of at least 4 members (excludes halogenated alkanes) is 10. The van der Waals surface area contributed by atoms with E-state index in [-0.39, 0.29) is 0 Å². The summed E-state index contributed by atoms with van der Waals surface area (Å²) in [6.07, 6.45) is 17.0. The molecule has 16 heavy (non-hydrogen) atoms. The molecule has 0 aromatic rings. The lowest BCUT2D eigenvalue weighted by Crippen LogP contribution is -1.76. The van der Waals surface area contributed by atoms with Gasteiger partial charge in [-0.2, -0.15) is 0 Å². The maximum atomic E-state index is 2.26. The Labute approximate surface area is 105 Å². The van der Waals surface area contributed by atoms with Gasteiger partial charge in [0.05, 0.1) is 0 Å². The lowest BCUT2D eigenvalue weighted by atomic mass is 10.1. The van der Waals surface area contributed by atoms with E-state index >= 15 is 0 Å². The van der Waals surface area contributed by atoms with E-state index in [1.54, 1.807) is 0 Å². The van der Waals surface area contributed by atoms with Crippen LogP contribution in [-0.2, 0) is 0 Å². The fourth-order valence-corrected chi connectivity index (χ4v) is 1.71. The summed E-state index contributed by atoms with van der Waals surface area (Å²) >= 11 is 0. The molecule has 0 aromatic carbocycles. The van der Waals surface area contributed by atoms with E-state index < -0.39 is 0 Å². The molecular weight excluding hydrogens is 192 g/mol. The molecule has 0 rings (SSSR count). The second-order valence-electron chi connectivity index (χ2n) is 4.83. The molecular formula is C16H36. The SMILES string of the molecule is CCCCCCC.CCCCCCCCC. The normalized spacial score (nSPS) is 9.75. The summed E-state index contributed by atoms with van der Waals surface area (Å²) in [4.78, 5) is 0. The maximum absolute atomic E-state index is 2.26. The van der Waals surface area contributed by atoms with Crippen molar-refractivity contribution in [3.63, 3.8) is 0 Å². The molecule has 0 N–H and O–H groups in total. The second kappa shape index (κ2) is 20.4. The summed E-state index contributed by atoms with van der Waals surface area (Å²) < 4.78 is 0. The van der Waals surface area contributed by atoms with Crippen LogP contribution in [0.2, 0.25) is 0 Å². The van der Waals surface area contributed by atoms with Crippen molar-refractivity contribution >= 4 is 0 Å². The van der Waals surface area contributed by atoms with Crippen molar-refractivity contribution in [2.24, 2.45) is 0 Å². The number of hydrogen-bond acceptors (Lipinski definition) is 0. The molecule has 0 saturated carbocycles. The summed E-state index contributed by atoms with van der Waals surface area (Å²) in [7, 11) is 0. The summed E-state index contributed by atoms with van der Waals surface area (Å²) in [5.74, 6) is 0. The predicted molar refractivity (Wildman–Crippen MR) is 78.1 cm³/mol. The van der Waals surface area contributed by atoms with E-state index in [2.05, 4.69) is 27.7 Å².